The second kappa shape index (κ2) is 8.46. The molecule has 0 radical (unpaired) electrons. The van der Waals surface area contributed by atoms with Gasteiger partial charge < -0.3 is 5.32 Å². The largest absolute Gasteiger partial charge is 0.352 e. The van der Waals surface area contributed by atoms with Crippen LogP contribution in [-0.2, 0) is 4.79 Å². The third-order valence-electron chi connectivity index (χ3n) is 5.38. The molecule has 1 heterocycles. The summed E-state index contributed by atoms with van der Waals surface area (Å²) in [5.74, 6) is 0.545. The van der Waals surface area contributed by atoms with Gasteiger partial charge in [0.2, 0.25) is 5.91 Å². The number of para-hydroxylation sites is 1. The van der Waals surface area contributed by atoms with Crippen molar-refractivity contribution in [2.24, 2.45) is 5.92 Å². The highest BCUT2D eigenvalue weighted by atomic mass is 32.2. The van der Waals surface area contributed by atoms with Crippen LogP contribution in [0.4, 0.5) is 0 Å². The lowest BCUT2D eigenvalue weighted by molar-refractivity contribution is -0.121. The highest BCUT2D eigenvalue weighted by molar-refractivity contribution is 8.00. The van der Waals surface area contributed by atoms with Gasteiger partial charge in [0.25, 0.3) is 5.56 Å². The molecule has 146 valence electrons. The molecule has 3 atom stereocenters. The predicted molar refractivity (Wildman–Crippen MR) is 111 cm³/mol. The minimum atomic E-state index is -0.308. The lowest BCUT2D eigenvalue weighted by Gasteiger charge is -2.30. The number of nitrogens with zero attached hydrogens (tertiary/aromatic N) is 2. The first-order chi connectivity index (χ1) is 12.9. The van der Waals surface area contributed by atoms with Crippen LogP contribution in [0.1, 0.15) is 59.4 Å². The summed E-state index contributed by atoms with van der Waals surface area (Å²) >= 11 is 1.37. The first-order valence-electron chi connectivity index (χ1n) is 9.86. The molecule has 2 aromatic rings. The Labute approximate surface area is 164 Å². The maximum Gasteiger partial charge on any atom is 0.262 e. The molecule has 1 aromatic carbocycles. The van der Waals surface area contributed by atoms with E-state index in [0.29, 0.717) is 22.0 Å². The molecule has 0 spiro atoms. The number of rotatable bonds is 5. The molecule has 1 fully saturated rings. The number of thioether (sulfide) groups is 1. The van der Waals surface area contributed by atoms with Crippen molar-refractivity contribution in [1.29, 1.82) is 0 Å². The SMILES string of the molecule is CC(Sc1nc2ccccc2c(=O)n1C(C)C)C(=O)NC1CCCCC1C. The molecule has 1 saturated carbocycles. The van der Waals surface area contributed by atoms with Gasteiger partial charge in [-0.3, -0.25) is 14.2 Å². The number of carbonyl (C=O) groups excluding carboxylic acids is 1. The molecule has 27 heavy (non-hydrogen) atoms. The molecular weight excluding hydrogens is 358 g/mol. The van der Waals surface area contributed by atoms with Crippen molar-refractivity contribution in [2.45, 2.75) is 75.9 Å². The molecule has 1 amide bonds. The fourth-order valence-corrected chi connectivity index (χ4v) is 4.76. The standard InChI is InChI=1S/C21H29N3O2S/c1-13(2)24-20(26)16-10-6-8-12-18(16)23-21(24)27-15(4)19(25)22-17-11-7-5-9-14(17)3/h6,8,10,12-15,17H,5,7,9,11H2,1-4H3,(H,22,25). The van der Waals surface area contributed by atoms with Crippen molar-refractivity contribution in [2.75, 3.05) is 0 Å². The van der Waals surface area contributed by atoms with Gasteiger partial charge in [0.05, 0.1) is 16.2 Å². The summed E-state index contributed by atoms with van der Waals surface area (Å²) in [6.45, 7) is 8.04. The van der Waals surface area contributed by atoms with Crippen LogP contribution in [0.15, 0.2) is 34.2 Å². The smallest absolute Gasteiger partial charge is 0.262 e. The predicted octanol–water partition coefficient (Wildman–Crippen LogP) is 4.15. The van der Waals surface area contributed by atoms with E-state index >= 15 is 0 Å². The molecule has 1 N–H and O–H groups in total. The van der Waals surface area contributed by atoms with E-state index in [4.69, 9.17) is 0 Å². The van der Waals surface area contributed by atoms with Gasteiger partial charge in [-0.15, -0.1) is 0 Å². The molecule has 6 heteroatoms. The zero-order chi connectivity index (χ0) is 19.6. The molecule has 0 saturated heterocycles. The van der Waals surface area contributed by atoms with Gasteiger partial charge in [-0.05, 0) is 51.7 Å². The molecule has 3 unspecified atom stereocenters. The Morgan fingerprint density at radius 2 is 1.93 bits per heavy atom. The molecular formula is C21H29N3O2S. The van der Waals surface area contributed by atoms with Crippen LogP contribution in [0.2, 0.25) is 0 Å². The Kier molecular flexibility index (Phi) is 6.25. The van der Waals surface area contributed by atoms with Crippen molar-refractivity contribution in [3.63, 3.8) is 0 Å². The number of aromatic nitrogens is 2. The topological polar surface area (TPSA) is 64.0 Å². The summed E-state index contributed by atoms with van der Waals surface area (Å²) in [7, 11) is 0. The summed E-state index contributed by atoms with van der Waals surface area (Å²) in [6.07, 6.45) is 4.65. The van der Waals surface area contributed by atoms with E-state index in [0.717, 1.165) is 6.42 Å². The van der Waals surface area contributed by atoms with Crippen LogP contribution in [0.3, 0.4) is 0 Å². The van der Waals surface area contributed by atoms with Crippen LogP contribution in [0.25, 0.3) is 10.9 Å². The Balaban J connectivity index is 1.83. The number of fused-ring (bicyclic) bond motifs is 1. The van der Waals surface area contributed by atoms with E-state index in [-0.39, 0.29) is 28.8 Å². The Morgan fingerprint density at radius 3 is 2.63 bits per heavy atom. The average molecular weight is 388 g/mol. The Hall–Kier alpha value is -1.82. The van der Waals surface area contributed by atoms with Crippen LogP contribution in [0.5, 0.6) is 0 Å². The summed E-state index contributed by atoms with van der Waals surface area (Å²) in [4.78, 5) is 30.3. The first kappa shape index (κ1) is 19.9. The van der Waals surface area contributed by atoms with Gasteiger partial charge in [-0.25, -0.2) is 4.98 Å². The minimum Gasteiger partial charge on any atom is -0.352 e. The number of hydrogen-bond acceptors (Lipinski definition) is 4. The minimum absolute atomic E-state index is 0.0225. The maximum atomic E-state index is 12.9. The summed E-state index contributed by atoms with van der Waals surface area (Å²) in [5.41, 5.74) is 0.627. The summed E-state index contributed by atoms with van der Waals surface area (Å²) < 4.78 is 1.69. The fourth-order valence-electron chi connectivity index (χ4n) is 3.71. The average Bonchev–Trinajstić information content (AvgIpc) is 2.63. The molecule has 3 rings (SSSR count). The van der Waals surface area contributed by atoms with Gasteiger partial charge >= 0.3 is 0 Å². The van der Waals surface area contributed by atoms with Gasteiger partial charge in [0.15, 0.2) is 5.16 Å². The fraction of sp³-hybridized carbons (Fsp3) is 0.571. The van der Waals surface area contributed by atoms with Crippen molar-refractivity contribution >= 4 is 28.6 Å². The molecule has 1 aliphatic rings. The first-order valence-corrected chi connectivity index (χ1v) is 10.7. The summed E-state index contributed by atoms with van der Waals surface area (Å²) in [6, 6.07) is 7.61. The van der Waals surface area contributed by atoms with Gasteiger partial charge in [0.1, 0.15) is 0 Å². The molecule has 1 aromatic heterocycles. The quantitative estimate of drug-likeness (QED) is 0.618. The number of carbonyl (C=O) groups is 1. The number of nitrogens with one attached hydrogen (secondary N) is 1. The number of hydrogen-bond donors (Lipinski definition) is 1. The van der Waals surface area contributed by atoms with Crippen LogP contribution in [-0.4, -0.2) is 26.8 Å². The van der Waals surface area contributed by atoms with E-state index in [1.807, 2.05) is 39.0 Å². The van der Waals surface area contributed by atoms with Crippen LogP contribution >= 0.6 is 11.8 Å². The van der Waals surface area contributed by atoms with Crippen molar-refractivity contribution in [3.05, 3.63) is 34.6 Å². The number of amides is 1. The Bertz CT molecular complexity index is 877. The van der Waals surface area contributed by atoms with Crippen LogP contribution < -0.4 is 10.9 Å². The van der Waals surface area contributed by atoms with Crippen molar-refractivity contribution < 1.29 is 4.79 Å². The Morgan fingerprint density at radius 1 is 1.22 bits per heavy atom. The number of benzene rings is 1. The van der Waals surface area contributed by atoms with E-state index < -0.39 is 0 Å². The normalized spacial score (nSPS) is 21.4. The van der Waals surface area contributed by atoms with E-state index in [9.17, 15) is 9.59 Å². The monoisotopic (exact) mass is 387 g/mol. The summed E-state index contributed by atoms with van der Waals surface area (Å²) in [5, 5.41) is 4.13. The molecule has 1 aliphatic carbocycles. The van der Waals surface area contributed by atoms with Gasteiger partial charge in [0, 0.05) is 12.1 Å². The lowest BCUT2D eigenvalue weighted by Crippen LogP contribution is -2.44. The third kappa shape index (κ3) is 4.37. The van der Waals surface area contributed by atoms with Crippen molar-refractivity contribution in [1.82, 2.24) is 14.9 Å². The second-order valence-corrected chi connectivity index (χ2v) is 9.13. The van der Waals surface area contributed by atoms with E-state index in [1.54, 1.807) is 10.6 Å². The molecule has 0 bridgehead atoms. The highest BCUT2D eigenvalue weighted by Crippen LogP contribution is 2.27. The zero-order valence-corrected chi connectivity index (χ0v) is 17.4. The molecule has 0 aliphatic heterocycles. The lowest BCUT2D eigenvalue weighted by atomic mass is 9.86. The van der Waals surface area contributed by atoms with Crippen LogP contribution in [0, 0.1) is 5.92 Å². The zero-order valence-electron chi connectivity index (χ0n) is 16.6. The third-order valence-corrected chi connectivity index (χ3v) is 6.45. The molecule has 5 nitrogen and oxygen atoms in total. The maximum absolute atomic E-state index is 12.9. The van der Waals surface area contributed by atoms with E-state index in [1.165, 1.54) is 31.0 Å². The highest BCUT2D eigenvalue weighted by Gasteiger charge is 2.26. The van der Waals surface area contributed by atoms with Crippen molar-refractivity contribution in [3.8, 4) is 0 Å². The van der Waals surface area contributed by atoms with Gasteiger partial charge in [-0.2, -0.15) is 0 Å². The second-order valence-electron chi connectivity index (χ2n) is 7.82. The van der Waals surface area contributed by atoms with Gasteiger partial charge in [-0.1, -0.05) is 43.7 Å². The van der Waals surface area contributed by atoms with E-state index in [2.05, 4.69) is 17.2 Å².